The molecule has 0 fully saturated rings. The molecule has 1 rings (SSSR count). The quantitative estimate of drug-likeness (QED) is 0.348. The first-order chi connectivity index (χ1) is 10.5. The minimum atomic E-state index is -1.06. The van der Waals surface area contributed by atoms with E-state index in [4.69, 9.17) is 16.3 Å². The van der Waals surface area contributed by atoms with Crippen molar-refractivity contribution in [2.24, 2.45) is 5.29 Å². The summed E-state index contributed by atoms with van der Waals surface area (Å²) in [5.41, 5.74) is -0.319. The second-order valence-electron chi connectivity index (χ2n) is 3.76. The Balaban J connectivity index is 2.58. The lowest BCUT2D eigenvalue weighted by molar-refractivity contribution is -0.385. The number of rotatable bonds is 7. The molecule has 0 aromatic heterocycles. The maximum absolute atomic E-state index is 11.5. The van der Waals surface area contributed by atoms with Crippen molar-refractivity contribution in [2.75, 3.05) is 19.0 Å². The Bertz CT molecular complexity index is 581. The Morgan fingerprint density at radius 2 is 2.09 bits per heavy atom. The molecule has 0 aliphatic rings. The number of alkyl halides is 1. The lowest BCUT2D eigenvalue weighted by Gasteiger charge is -2.12. The Labute approximate surface area is 129 Å². The molecule has 118 valence electrons. The summed E-state index contributed by atoms with van der Waals surface area (Å²) in [7, 11) is 0. The fourth-order valence-corrected chi connectivity index (χ4v) is 1.51. The largest absolute Gasteiger partial charge is 0.477 e. The number of ether oxygens (including phenoxy) is 1. The number of hydrogen-bond acceptors (Lipinski definition) is 7. The first kappa shape index (κ1) is 17.3. The zero-order valence-electron chi connectivity index (χ0n) is 11.1. The fraction of sp³-hybridized carbons (Fsp3) is 0.273. The first-order valence-electron chi connectivity index (χ1n) is 5.86. The Hall–Kier alpha value is -2.75. The summed E-state index contributed by atoms with van der Waals surface area (Å²) in [4.78, 5) is 43.4. The molecule has 0 atom stereocenters. The van der Waals surface area contributed by atoms with E-state index in [-0.39, 0.29) is 23.9 Å². The fourth-order valence-electron chi connectivity index (χ4n) is 1.35. The molecule has 11 heteroatoms. The van der Waals surface area contributed by atoms with Gasteiger partial charge in [0, 0.05) is 11.9 Å². The van der Waals surface area contributed by atoms with Crippen LogP contribution in [0.5, 0.6) is 5.75 Å². The van der Waals surface area contributed by atoms with E-state index < -0.39 is 23.5 Å². The monoisotopic (exact) mass is 330 g/mol. The maximum atomic E-state index is 11.5. The van der Waals surface area contributed by atoms with Gasteiger partial charge in [0.1, 0.15) is 0 Å². The van der Waals surface area contributed by atoms with Gasteiger partial charge in [-0.25, -0.2) is 4.79 Å². The summed E-state index contributed by atoms with van der Waals surface area (Å²) in [6, 6.07) is 4.38. The van der Waals surface area contributed by atoms with Crippen LogP contribution in [0.25, 0.3) is 0 Å². The highest BCUT2D eigenvalue weighted by molar-refractivity contribution is 6.18. The number of nitrogens with zero attached hydrogens (tertiary/aromatic N) is 3. The number of nitro benzene ring substituents is 1. The number of hydrogen-bond donors (Lipinski definition) is 1. The van der Waals surface area contributed by atoms with Crippen LogP contribution >= 0.6 is 11.6 Å². The van der Waals surface area contributed by atoms with Crippen molar-refractivity contribution in [3.63, 3.8) is 0 Å². The van der Waals surface area contributed by atoms with E-state index in [0.717, 1.165) is 0 Å². The van der Waals surface area contributed by atoms with Crippen LogP contribution in [0, 0.1) is 15.0 Å². The van der Waals surface area contributed by atoms with Crippen molar-refractivity contribution in [2.45, 2.75) is 0 Å². The first-order valence-corrected chi connectivity index (χ1v) is 6.39. The highest BCUT2D eigenvalue weighted by atomic mass is 35.5. The molecule has 1 aromatic carbocycles. The molecule has 0 unspecified atom stereocenters. The Kier molecular flexibility index (Phi) is 6.70. The molecule has 0 aliphatic heterocycles. The average Bonchev–Trinajstić information content (AvgIpc) is 2.50. The van der Waals surface area contributed by atoms with Gasteiger partial charge in [-0.2, -0.15) is 5.01 Å². The molecule has 3 amide bonds. The van der Waals surface area contributed by atoms with Gasteiger partial charge in [-0.05, 0) is 6.07 Å². The van der Waals surface area contributed by atoms with Crippen molar-refractivity contribution < 1.29 is 19.2 Å². The van der Waals surface area contributed by atoms with Crippen LogP contribution in [-0.2, 0) is 4.79 Å². The normalized spacial score (nSPS) is 9.68. The summed E-state index contributed by atoms with van der Waals surface area (Å²) < 4.78 is 4.98. The van der Waals surface area contributed by atoms with Crippen LogP contribution in [0.1, 0.15) is 0 Å². The lowest BCUT2D eigenvalue weighted by Crippen LogP contribution is -2.42. The van der Waals surface area contributed by atoms with Crippen LogP contribution in [0.2, 0.25) is 0 Å². The number of para-hydroxylation sites is 2. The van der Waals surface area contributed by atoms with Crippen molar-refractivity contribution in [1.29, 1.82) is 0 Å². The SMILES string of the molecule is O=NN(CCCl)C(=O)NC(=O)COc1ccccc1[N+](=O)[O-]. The molecule has 1 N–H and O–H groups in total. The van der Waals surface area contributed by atoms with Gasteiger partial charge in [0.25, 0.3) is 5.91 Å². The van der Waals surface area contributed by atoms with Crippen LogP contribution in [0.15, 0.2) is 29.6 Å². The van der Waals surface area contributed by atoms with E-state index in [1.165, 1.54) is 24.3 Å². The molecule has 0 spiro atoms. The topological polar surface area (TPSA) is 131 Å². The van der Waals surface area contributed by atoms with Crippen molar-refractivity contribution in [1.82, 2.24) is 10.3 Å². The molecule has 1 aromatic rings. The predicted molar refractivity (Wildman–Crippen MR) is 75.4 cm³/mol. The molecule has 10 nitrogen and oxygen atoms in total. The number of halogens is 1. The van der Waals surface area contributed by atoms with E-state index in [0.29, 0.717) is 5.01 Å². The predicted octanol–water partition coefficient (Wildman–Crippen LogP) is 1.43. The van der Waals surface area contributed by atoms with E-state index in [1.807, 2.05) is 5.32 Å². The third-order valence-electron chi connectivity index (χ3n) is 2.30. The minimum absolute atomic E-state index is 0.0416. The highest BCUT2D eigenvalue weighted by Gasteiger charge is 2.18. The van der Waals surface area contributed by atoms with Crippen LogP contribution < -0.4 is 10.1 Å². The van der Waals surface area contributed by atoms with E-state index in [2.05, 4.69) is 5.29 Å². The summed E-state index contributed by atoms with van der Waals surface area (Å²) in [5, 5.41) is 15.4. The van der Waals surface area contributed by atoms with Crippen LogP contribution in [0.4, 0.5) is 10.5 Å². The zero-order valence-corrected chi connectivity index (χ0v) is 11.9. The molecule has 22 heavy (non-hydrogen) atoms. The van der Waals surface area contributed by atoms with Crippen LogP contribution in [0.3, 0.4) is 0 Å². The standard InChI is InChI=1S/C11H11ClN4O6/c12-5-6-15(14-19)11(18)13-10(17)7-22-9-4-2-1-3-8(9)16(20)21/h1-4H,5-7H2,(H,13,17,18). The third-order valence-corrected chi connectivity index (χ3v) is 2.47. The van der Waals surface area contributed by atoms with Gasteiger partial charge in [0.05, 0.1) is 16.8 Å². The average molecular weight is 331 g/mol. The van der Waals surface area contributed by atoms with E-state index in [1.54, 1.807) is 0 Å². The number of nitroso groups, excluding NO2 is 1. The summed E-state index contributed by atoms with van der Waals surface area (Å²) >= 11 is 5.35. The van der Waals surface area contributed by atoms with Crippen molar-refractivity contribution in [3.05, 3.63) is 39.3 Å². The zero-order chi connectivity index (χ0) is 16.5. The molecule has 0 bridgehead atoms. The molecule has 0 heterocycles. The van der Waals surface area contributed by atoms with Gasteiger partial charge >= 0.3 is 11.7 Å². The van der Waals surface area contributed by atoms with E-state index >= 15 is 0 Å². The van der Waals surface area contributed by atoms with Crippen molar-refractivity contribution >= 4 is 29.2 Å². The smallest absolute Gasteiger partial charge is 0.347 e. The van der Waals surface area contributed by atoms with Gasteiger partial charge in [0.15, 0.2) is 12.4 Å². The number of nitro groups is 1. The third kappa shape index (κ3) is 4.98. The second kappa shape index (κ2) is 8.52. The molecular formula is C11H11ClN4O6. The summed E-state index contributed by atoms with van der Waals surface area (Å²) in [6.07, 6.45) is 0. The van der Waals surface area contributed by atoms with Crippen LogP contribution in [-0.4, -0.2) is 40.9 Å². The van der Waals surface area contributed by atoms with Gasteiger partial charge < -0.3 is 4.74 Å². The second-order valence-corrected chi connectivity index (χ2v) is 4.14. The van der Waals surface area contributed by atoms with Gasteiger partial charge in [0.2, 0.25) is 0 Å². The Morgan fingerprint density at radius 1 is 1.41 bits per heavy atom. The van der Waals surface area contributed by atoms with Crippen molar-refractivity contribution in [3.8, 4) is 5.75 Å². The molecular weight excluding hydrogens is 320 g/mol. The number of urea groups is 1. The number of carbonyl (C=O) groups is 2. The number of amides is 3. The maximum Gasteiger partial charge on any atom is 0.347 e. The number of imide groups is 1. The van der Waals surface area contributed by atoms with Gasteiger partial charge in [-0.15, -0.1) is 16.5 Å². The number of nitrogens with one attached hydrogen (secondary N) is 1. The van der Waals surface area contributed by atoms with Gasteiger partial charge in [-0.1, -0.05) is 12.1 Å². The number of carbonyl (C=O) groups excluding carboxylic acids is 2. The summed E-state index contributed by atoms with van der Waals surface area (Å²) in [5.74, 6) is -1.06. The van der Waals surface area contributed by atoms with E-state index in [9.17, 15) is 24.6 Å². The molecule has 0 radical (unpaired) electrons. The molecule has 0 aliphatic carbocycles. The highest BCUT2D eigenvalue weighted by Crippen LogP contribution is 2.25. The number of benzene rings is 1. The van der Waals surface area contributed by atoms with Gasteiger partial charge in [-0.3, -0.25) is 20.2 Å². The molecule has 0 saturated heterocycles. The lowest BCUT2D eigenvalue weighted by atomic mass is 10.3. The summed E-state index contributed by atoms with van der Waals surface area (Å²) in [6.45, 7) is -0.820. The Morgan fingerprint density at radius 3 is 2.68 bits per heavy atom. The molecule has 0 saturated carbocycles. The minimum Gasteiger partial charge on any atom is -0.477 e.